The van der Waals surface area contributed by atoms with Crippen LogP contribution in [0.4, 0.5) is 0 Å². The molecule has 0 unspecified atom stereocenters. The summed E-state index contributed by atoms with van der Waals surface area (Å²) >= 11 is 0. The second-order valence-corrected chi connectivity index (χ2v) is 0. The van der Waals surface area contributed by atoms with Crippen LogP contribution in [-0.2, 0) is 16.4 Å². The smallest absolute Gasteiger partial charge is 2.00 e. The number of hydrogen-bond donors (Lipinski definition) is 0. The Kier molecular flexibility index (Phi) is 3020. The maximum Gasteiger partial charge on any atom is 3.00 e. The SMILES string of the molecule is [Al+3].[Al+3].[O-2].[O-2].[O-2].[S]. The van der Waals surface area contributed by atoms with Crippen LogP contribution in [0.3, 0.4) is 0 Å². The van der Waals surface area contributed by atoms with Gasteiger partial charge in [0.15, 0.2) is 0 Å². The van der Waals surface area contributed by atoms with Gasteiger partial charge in [0.1, 0.15) is 0 Å². The first-order valence-corrected chi connectivity index (χ1v) is 0. The molecule has 6 heavy (non-hydrogen) atoms. The summed E-state index contributed by atoms with van der Waals surface area (Å²) in [7, 11) is 0. The van der Waals surface area contributed by atoms with Crippen molar-refractivity contribution in [1.82, 2.24) is 0 Å². The third-order valence-corrected chi connectivity index (χ3v) is 0. The van der Waals surface area contributed by atoms with Gasteiger partial charge in [0.2, 0.25) is 0 Å². The maximum atomic E-state index is 0. The van der Waals surface area contributed by atoms with Gasteiger partial charge in [-0.2, -0.15) is 0 Å². The average Bonchev–Trinajstić information content (AvgIpc) is 0. The molecule has 0 aromatic carbocycles. The minimum atomic E-state index is 0. The first-order valence-electron chi connectivity index (χ1n) is 0. The summed E-state index contributed by atoms with van der Waals surface area (Å²) in [5.41, 5.74) is 0. The van der Waals surface area contributed by atoms with E-state index in [2.05, 4.69) is 0 Å². The van der Waals surface area contributed by atoms with E-state index in [0.29, 0.717) is 0 Å². The van der Waals surface area contributed by atoms with Crippen molar-refractivity contribution >= 4 is 48.2 Å². The quantitative estimate of drug-likeness (QED) is 0.401. The molecule has 0 fully saturated rings. The van der Waals surface area contributed by atoms with E-state index in [1.165, 1.54) is 0 Å². The van der Waals surface area contributed by atoms with Gasteiger partial charge >= 0.3 is 34.7 Å². The molecule has 0 rings (SSSR count). The van der Waals surface area contributed by atoms with Crippen LogP contribution < -0.4 is 0 Å². The Hall–Kier alpha value is 1.29. The molecule has 3 nitrogen and oxygen atoms in total. The molecule has 0 amide bonds. The Bertz CT molecular complexity index is 8.75. The minimum Gasteiger partial charge on any atom is -2.00 e. The number of rotatable bonds is 0. The fourth-order valence-corrected chi connectivity index (χ4v) is 0. The summed E-state index contributed by atoms with van der Waals surface area (Å²) in [4.78, 5) is 0. The first kappa shape index (κ1) is 172. The standard InChI is InChI=1S/2Al.3O.S/q2*+3;3*-2;. The Labute approximate surface area is 64.8 Å². The van der Waals surface area contributed by atoms with Gasteiger partial charge in [0, 0.05) is 13.5 Å². The van der Waals surface area contributed by atoms with Crippen molar-refractivity contribution in [2.75, 3.05) is 0 Å². The molecule has 0 saturated heterocycles. The van der Waals surface area contributed by atoms with Gasteiger partial charge in [-0.25, -0.2) is 0 Å². The number of hydrogen-bond acceptors (Lipinski definition) is 0. The molecule has 6 heteroatoms. The van der Waals surface area contributed by atoms with E-state index in [0.717, 1.165) is 0 Å². The molecule has 0 aromatic heterocycles. The van der Waals surface area contributed by atoms with Gasteiger partial charge in [-0.1, -0.05) is 0 Å². The van der Waals surface area contributed by atoms with Crippen LogP contribution in [0.1, 0.15) is 0 Å². The largest absolute Gasteiger partial charge is 3.00 e. The van der Waals surface area contributed by atoms with E-state index in [4.69, 9.17) is 0 Å². The van der Waals surface area contributed by atoms with Crippen molar-refractivity contribution in [3.8, 4) is 0 Å². The molecular weight excluding hydrogens is 134 g/mol. The van der Waals surface area contributed by atoms with Crippen molar-refractivity contribution in [3.05, 3.63) is 0 Å². The average molecular weight is 134 g/mol. The fraction of sp³-hybridized carbons (Fsp3) is 0. The fourth-order valence-electron chi connectivity index (χ4n) is 0. The predicted octanol–water partition coefficient (Wildman–Crippen LogP) is -0.470. The summed E-state index contributed by atoms with van der Waals surface area (Å²) < 4.78 is 0. The molecule has 0 spiro atoms. The molecule has 0 N–H and O–H groups in total. The molecule has 0 saturated carbocycles. The van der Waals surface area contributed by atoms with Crippen LogP contribution >= 0.6 is 13.5 Å². The van der Waals surface area contributed by atoms with Crippen LogP contribution in [0.25, 0.3) is 0 Å². The van der Waals surface area contributed by atoms with Crippen LogP contribution in [0.2, 0.25) is 0 Å². The van der Waals surface area contributed by atoms with E-state index in [9.17, 15) is 0 Å². The normalized spacial score (nSPS) is 0. The van der Waals surface area contributed by atoms with Gasteiger partial charge in [-0.3, -0.25) is 0 Å². The zero-order valence-corrected chi connectivity index (χ0v) is 5.91. The van der Waals surface area contributed by atoms with Gasteiger partial charge in [0.05, 0.1) is 0 Å². The predicted molar refractivity (Wildman–Crippen MR) is 21.2 cm³/mol. The summed E-state index contributed by atoms with van der Waals surface area (Å²) in [6, 6.07) is 0. The molecule has 0 aliphatic carbocycles. The Morgan fingerprint density at radius 1 is 0.500 bits per heavy atom. The molecule has 0 atom stereocenters. The van der Waals surface area contributed by atoms with Crippen molar-refractivity contribution < 1.29 is 16.4 Å². The van der Waals surface area contributed by atoms with Crippen molar-refractivity contribution in [3.63, 3.8) is 0 Å². The van der Waals surface area contributed by atoms with Gasteiger partial charge < -0.3 is 16.4 Å². The van der Waals surface area contributed by atoms with Gasteiger partial charge in [-0.05, 0) is 0 Å². The zero-order chi connectivity index (χ0) is 0. The maximum absolute atomic E-state index is 0. The molecule has 30 valence electrons. The van der Waals surface area contributed by atoms with Crippen LogP contribution in [0.15, 0.2) is 0 Å². The van der Waals surface area contributed by atoms with Crippen molar-refractivity contribution in [2.45, 2.75) is 0 Å². The van der Waals surface area contributed by atoms with Crippen molar-refractivity contribution in [1.29, 1.82) is 0 Å². The molecule has 0 aliphatic rings. The monoisotopic (exact) mass is 134 g/mol. The third-order valence-electron chi connectivity index (χ3n) is 0. The molecule has 2 radical (unpaired) electrons. The molecule has 0 aliphatic heterocycles. The second kappa shape index (κ2) is 105. The van der Waals surface area contributed by atoms with E-state index in [1.54, 1.807) is 0 Å². The molecule has 0 heterocycles. The van der Waals surface area contributed by atoms with Gasteiger partial charge in [0.25, 0.3) is 0 Å². The second-order valence-electron chi connectivity index (χ2n) is 0. The van der Waals surface area contributed by atoms with Crippen LogP contribution in [0, 0.1) is 0 Å². The van der Waals surface area contributed by atoms with E-state index >= 15 is 0 Å². The summed E-state index contributed by atoms with van der Waals surface area (Å²) in [5, 5.41) is 0. The molecular formula is Al2O3S. The Morgan fingerprint density at radius 2 is 0.500 bits per heavy atom. The van der Waals surface area contributed by atoms with Gasteiger partial charge in [-0.15, -0.1) is 0 Å². The minimum absolute atomic E-state index is 0. The summed E-state index contributed by atoms with van der Waals surface area (Å²) in [6.45, 7) is 0. The van der Waals surface area contributed by atoms with Crippen LogP contribution in [0.5, 0.6) is 0 Å². The van der Waals surface area contributed by atoms with Crippen LogP contribution in [-0.4, -0.2) is 34.7 Å². The van der Waals surface area contributed by atoms with E-state index < -0.39 is 0 Å². The first-order chi connectivity index (χ1) is 0. The molecule has 0 bridgehead atoms. The topological polar surface area (TPSA) is 85.5 Å². The summed E-state index contributed by atoms with van der Waals surface area (Å²) in [5.74, 6) is 0. The third kappa shape index (κ3) is 58.2. The van der Waals surface area contributed by atoms with E-state index in [1.807, 2.05) is 0 Å². The Balaban J connectivity index is 0. The zero-order valence-electron chi connectivity index (χ0n) is 2.79. The summed E-state index contributed by atoms with van der Waals surface area (Å²) in [6.07, 6.45) is 0. The Morgan fingerprint density at radius 3 is 0.500 bits per heavy atom. The van der Waals surface area contributed by atoms with E-state index in [-0.39, 0.29) is 64.6 Å². The molecule has 0 aromatic rings. The van der Waals surface area contributed by atoms with Crippen molar-refractivity contribution in [2.24, 2.45) is 0 Å².